The molecule has 1 unspecified atom stereocenters. The van der Waals surface area contributed by atoms with Crippen molar-refractivity contribution in [2.75, 3.05) is 10.6 Å². The number of benzene rings is 5. The first kappa shape index (κ1) is 32.4. The van der Waals surface area contributed by atoms with Crippen LogP contribution in [-0.4, -0.2) is 28.0 Å². The molecule has 1 heterocycles. The minimum absolute atomic E-state index is 0.0914. The molecule has 1 aromatic heterocycles. The zero-order valence-electron chi connectivity index (χ0n) is 25.6. The van der Waals surface area contributed by atoms with Crippen LogP contribution in [0.3, 0.4) is 0 Å². The summed E-state index contributed by atoms with van der Waals surface area (Å²) in [5.74, 6) is -1.42. The fourth-order valence-corrected chi connectivity index (χ4v) is 6.43. The van der Waals surface area contributed by atoms with Gasteiger partial charge in [-0.25, -0.2) is 9.37 Å². The molecule has 238 valence electrons. The standard InChI is InChI=1S/C38H29FN4O3S2/c1-24(35(44)43-38-42-34(23-47-38)26-14-16-29(39)17-15-26)48-31-20-18-30(19-21-31)40-37(46)33(41-36(45)27-9-3-2-4-10-27)22-28-12-7-11-25-8-5-6-13-32(25)28/h2-24H,1H3,(H,40,46)(H,41,45)(H,42,43,44)/b33-22-. The van der Waals surface area contributed by atoms with E-state index in [-0.39, 0.29) is 17.4 Å². The Hall–Kier alpha value is -5.58. The zero-order valence-corrected chi connectivity index (χ0v) is 27.3. The summed E-state index contributed by atoms with van der Waals surface area (Å²) in [6.45, 7) is 1.80. The average molecular weight is 673 g/mol. The van der Waals surface area contributed by atoms with Gasteiger partial charge in [0, 0.05) is 27.1 Å². The van der Waals surface area contributed by atoms with E-state index in [9.17, 15) is 18.8 Å². The third kappa shape index (κ3) is 8.03. The zero-order chi connectivity index (χ0) is 33.5. The SMILES string of the molecule is CC(Sc1ccc(NC(=O)/C(=C/c2cccc3ccccc23)NC(=O)c2ccccc2)cc1)C(=O)Nc1nc(-c2ccc(F)cc2)cs1. The molecule has 48 heavy (non-hydrogen) atoms. The predicted octanol–water partition coefficient (Wildman–Crippen LogP) is 8.63. The molecule has 6 rings (SSSR count). The minimum Gasteiger partial charge on any atom is -0.321 e. The summed E-state index contributed by atoms with van der Waals surface area (Å²) >= 11 is 2.66. The fraction of sp³-hybridized carbons (Fsp3) is 0.0526. The van der Waals surface area contributed by atoms with E-state index in [1.807, 2.05) is 66.0 Å². The Morgan fingerprint density at radius 1 is 0.812 bits per heavy atom. The van der Waals surface area contributed by atoms with Gasteiger partial charge in [-0.05, 0) is 90.0 Å². The van der Waals surface area contributed by atoms with Crippen LogP contribution >= 0.6 is 23.1 Å². The predicted molar refractivity (Wildman–Crippen MR) is 192 cm³/mol. The largest absolute Gasteiger partial charge is 0.321 e. The van der Waals surface area contributed by atoms with Crippen LogP contribution in [-0.2, 0) is 9.59 Å². The maximum absolute atomic E-state index is 13.6. The van der Waals surface area contributed by atoms with Gasteiger partial charge in [-0.15, -0.1) is 23.1 Å². The lowest BCUT2D eigenvalue weighted by molar-refractivity contribution is -0.115. The third-order valence-corrected chi connectivity index (χ3v) is 9.19. The van der Waals surface area contributed by atoms with E-state index in [4.69, 9.17) is 0 Å². The topological polar surface area (TPSA) is 100 Å². The lowest BCUT2D eigenvalue weighted by atomic mass is 10.0. The first-order valence-corrected chi connectivity index (χ1v) is 16.7. The van der Waals surface area contributed by atoms with Crippen LogP contribution < -0.4 is 16.0 Å². The number of thioether (sulfide) groups is 1. The maximum Gasteiger partial charge on any atom is 0.272 e. The highest BCUT2D eigenvalue weighted by molar-refractivity contribution is 8.00. The highest BCUT2D eigenvalue weighted by Gasteiger charge is 2.18. The summed E-state index contributed by atoms with van der Waals surface area (Å²) < 4.78 is 13.3. The Labute approximate surface area is 284 Å². The monoisotopic (exact) mass is 672 g/mol. The Bertz CT molecular complexity index is 2110. The summed E-state index contributed by atoms with van der Waals surface area (Å²) in [6, 6.07) is 35.5. The van der Waals surface area contributed by atoms with Crippen molar-refractivity contribution in [3.8, 4) is 11.3 Å². The van der Waals surface area contributed by atoms with Gasteiger partial charge in [0.1, 0.15) is 11.5 Å². The van der Waals surface area contributed by atoms with Crippen LogP contribution in [0, 0.1) is 5.82 Å². The van der Waals surface area contributed by atoms with Crippen molar-refractivity contribution in [1.82, 2.24) is 10.3 Å². The highest BCUT2D eigenvalue weighted by atomic mass is 32.2. The second-order valence-electron chi connectivity index (χ2n) is 10.7. The Morgan fingerprint density at radius 3 is 2.29 bits per heavy atom. The van der Waals surface area contributed by atoms with Crippen molar-refractivity contribution < 1.29 is 18.8 Å². The first-order valence-electron chi connectivity index (χ1n) is 15.0. The number of thiazole rings is 1. The van der Waals surface area contributed by atoms with Crippen LogP contribution in [0.15, 0.2) is 137 Å². The number of amides is 3. The van der Waals surface area contributed by atoms with Crippen molar-refractivity contribution in [1.29, 1.82) is 0 Å². The number of anilines is 2. The molecule has 0 aliphatic carbocycles. The van der Waals surface area contributed by atoms with E-state index in [2.05, 4.69) is 20.9 Å². The summed E-state index contributed by atoms with van der Waals surface area (Å²) in [5.41, 5.74) is 3.25. The van der Waals surface area contributed by atoms with Crippen molar-refractivity contribution in [2.45, 2.75) is 17.1 Å². The van der Waals surface area contributed by atoms with Crippen LogP contribution in [0.4, 0.5) is 15.2 Å². The molecule has 0 aliphatic heterocycles. The molecule has 0 spiro atoms. The van der Waals surface area contributed by atoms with E-state index >= 15 is 0 Å². The number of rotatable bonds is 10. The molecule has 3 N–H and O–H groups in total. The molecule has 1 atom stereocenters. The summed E-state index contributed by atoms with van der Waals surface area (Å²) in [6.07, 6.45) is 1.67. The number of carbonyl (C=O) groups excluding carboxylic acids is 3. The van der Waals surface area contributed by atoms with Gasteiger partial charge in [0.05, 0.1) is 10.9 Å². The maximum atomic E-state index is 13.6. The Morgan fingerprint density at radius 2 is 1.52 bits per heavy atom. The number of hydrogen-bond acceptors (Lipinski definition) is 6. The number of carbonyl (C=O) groups is 3. The molecule has 0 aliphatic rings. The normalized spacial score (nSPS) is 11.9. The Balaban J connectivity index is 1.12. The molecule has 0 saturated carbocycles. The van der Waals surface area contributed by atoms with Gasteiger partial charge in [0.15, 0.2) is 5.13 Å². The van der Waals surface area contributed by atoms with Gasteiger partial charge in [-0.2, -0.15) is 0 Å². The van der Waals surface area contributed by atoms with Crippen molar-refractivity contribution >= 4 is 68.5 Å². The number of aromatic nitrogens is 1. The van der Waals surface area contributed by atoms with Crippen LogP contribution in [0.2, 0.25) is 0 Å². The lowest BCUT2D eigenvalue weighted by Gasteiger charge is -2.13. The molecule has 6 aromatic rings. The van der Waals surface area contributed by atoms with Gasteiger partial charge in [-0.1, -0.05) is 60.7 Å². The van der Waals surface area contributed by atoms with E-state index < -0.39 is 17.1 Å². The van der Waals surface area contributed by atoms with Crippen LogP contribution in [0.5, 0.6) is 0 Å². The van der Waals surface area contributed by atoms with E-state index in [1.54, 1.807) is 61.5 Å². The number of nitrogens with one attached hydrogen (secondary N) is 3. The molecular formula is C38H29FN4O3S2. The molecule has 0 bridgehead atoms. The number of halogens is 1. The highest BCUT2D eigenvalue weighted by Crippen LogP contribution is 2.29. The summed E-state index contributed by atoms with van der Waals surface area (Å²) in [7, 11) is 0. The van der Waals surface area contributed by atoms with Crippen molar-refractivity contribution in [2.24, 2.45) is 0 Å². The number of fused-ring (bicyclic) bond motifs is 1. The first-order chi connectivity index (χ1) is 23.3. The number of hydrogen-bond donors (Lipinski definition) is 3. The van der Waals surface area contributed by atoms with Crippen molar-refractivity contribution in [3.05, 3.63) is 149 Å². The van der Waals surface area contributed by atoms with E-state index in [1.165, 1.54) is 35.2 Å². The second kappa shape index (κ2) is 14.9. The fourth-order valence-electron chi connectivity index (χ4n) is 4.84. The molecule has 0 fully saturated rings. The summed E-state index contributed by atoms with van der Waals surface area (Å²) in [5, 5.41) is 12.3. The van der Waals surface area contributed by atoms with Gasteiger partial charge < -0.3 is 16.0 Å². The molecule has 10 heteroatoms. The van der Waals surface area contributed by atoms with E-state index in [0.29, 0.717) is 22.1 Å². The molecule has 7 nitrogen and oxygen atoms in total. The third-order valence-electron chi connectivity index (χ3n) is 7.32. The molecular weight excluding hydrogens is 644 g/mol. The summed E-state index contributed by atoms with van der Waals surface area (Å²) in [4.78, 5) is 44.8. The van der Waals surface area contributed by atoms with Gasteiger partial charge in [0.25, 0.3) is 11.8 Å². The van der Waals surface area contributed by atoms with Gasteiger partial charge in [0.2, 0.25) is 5.91 Å². The smallest absolute Gasteiger partial charge is 0.272 e. The average Bonchev–Trinajstić information content (AvgIpc) is 3.58. The Kier molecular flexibility index (Phi) is 10.0. The van der Waals surface area contributed by atoms with Crippen LogP contribution in [0.1, 0.15) is 22.8 Å². The van der Waals surface area contributed by atoms with Gasteiger partial charge >= 0.3 is 0 Å². The lowest BCUT2D eigenvalue weighted by Crippen LogP contribution is -2.30. The molecule has 0 saturated heterocycles. The minimum atomic E-state index is -0.483. The molecule has 5 aromatic carbocycles. The molecule has 0 radical (unpaired) electrons. The number of nitrogens with zero attached hydrogens (tertiary/aromatic N) is 1. The van der Waals surface area contributed by atoms with Gasteiger partial charge in [-0.3, -0.25) is 14.4 Å². The quantitative estimate of drug-likeness (QED) is 0.1000. The van der Waals surface area contributed by atoms with E-state index in [0.717, 1.165) is 26.8 Å². The van der Waals surface area contributed by atoms with Crippen LogP contribution in [0.25, 0.3) is 28.1 Å². The van der Waals surface area contributed by atoms with Crippen molar-refractivity contribution in [3.63, 3.8) is 0 Å². The second-order valence-corrected chi connectivity index (χ2v) is 13.0. The molecule has 3 amide bonds.